The van der Waals surface area contributed by atoms with E-state index < -0.39 is 32.5 Å². The molecule has 0 aromatic carbocycles. The van der Waals surface area contributed by atoms with E-state index in [1.165, 1.54) is 218 Å². The van der Waals surface area contributed by atoms with Crippen molar-refractivity contribution in [3.05, 3.63) is 0 Å². The van der Waals surface area contributed by atoms with Gasteiger partial charge in [-0.3, -0.25) is 14.1 Å². The first-order valence-corrected chi connectivity index (χ1v) is 28.7. The number of ether oxygens (including phenoxy) is 2. The Kier molecular flexibility index (Phi) is 45.9. The van der Waals surface area contributed by atoms with Gasteiger partial charge >= 0.3 is 19.8 Å². The van der Waals surface area contributed by atoms with Crippen LogP contribution < -0.4 is 0 Å². The molecule has 0 aliphatic carbocycles. The van der Waals surface area contributed by atoms with Gasteiger partial charge in [-0.15, -0.1) is 0 Å². The Balaban J connectivity index is 3.74. The summed E-state index contributed by atoms with van der Waals surface area (Å²) in [7, 11) is -4.76. The maximum atomic E-state index is 12.5. The highest BCUT2D eigenvalue weighted by Gasteiger charge is 2.23. The molecule has 0 amide bonds. The lowest BCUT2D eigenvalue weighted by atomic mass is 9.99. The van der Waals surface area contributed by atoms with Crippen LogP contribution in [0.3, 0.4) is 0 Å². The predicted octanol–water partition coefficient (Wildman–Crippen LogP) is 17.2. The van der Waals surface area contributed by atoms with E-state index in [9.17, 15) is 14.2 Å². The number of carbonyl (C=O) groups is 2. The summed E-state index contributed by atoms with van der Waals surface area (Å²) in [6, 6.07) is 0. The number of rotatable bonds is 50. The van der Waals surface area contributed by atoms with Crippen LogP contribution in [0.5, 0.6) is 0 Å². The standard InChI is InChI=1S/C53H105O8P/c1-5-49(3)43-39-35-31-27-23-19-15-11-7-9-13-17-21-25-29-33-37-41-45-52(54)59-47-51(48-60-62(56,57)58)61-53(55)46-42-38-34-30-26-22-18-14-10-8-12-16-20-24-28-32-36-40-44-50(4)6-2/h49-51H,5-48H2,1-4H3,(H2,56,57,58)/t49?,50?,51-/m1/s1. The molecular weight excluding hydrogens is 796 g/mol. The van der Waals surface area contributed by atoms with Crippen molar-refractivity contribution in [1.82, 2.24) is 0 Å². The summed E-state index contributed by atoms with van der Waals surface area (Å²) >= 11 is 0. The zero-order chi connectivity index (χ0) is 45.6. The van der Waals surface area contributed by atoms with Crippen LogP contribution in [0.25, 0.3) is 0 Å². The van der Waals surface area contributed by atoms with E-state index in [0.29, 0.717) is 6.42 Å². The van der Waals surface area contributed by atoms with Gasteiger partial charge in [-0.1, -0.05) is 272 Å². The van der Waals surface area contributed by atoms with Crippen LogP contribution >= 0.6 is 7.82 Å². The van der Waals surface area contributed by atoms with Gasteiger partial charge in [-0.05, 0) is 24.7 Å². The van der Waals surface area contributed by atoms with Crippen molar-refractivity contribution in [1.29, 1.82) is 0 Å². The lowest BCUT2D eigenvalue weighted by molar-refractivity contribution is -0.161. The summed E-state index contributed by atoms with van der Waals surface area (Å²) in [5.41, 5.74) is 0. The van der Waals surface area contributed by atoms with Crippen LogP contribution in [0.4, 0.5) is 0 Å². The molecule has 0 aromatic rings. The van der Waals surface area contributed by atoms with Gasteiger partial charge in [0.15, 0.2) is 6.10 Å². The third kappa shape index (κ3) is 48.5. The van der Waals surface area contributed by atoms with Crippen molar-refractivity contribution in [2.24, 2.45) is 11.8 Å². The van der Waals surface area contributed by atoms with Gasteiger partial charge in [-0.25, -0.2) is 4.57 Å². The maximum absolute atomic E-state index is 12.5. The van der Waals surface area contributed by atoms with Crippen LogP contribution in [0, 0.1) is 11.8 Å². The molecule has 2 unspecified atom stereocenters. The summed E-state index contributed by atoms with van der Waals surface area (Å²) in [6.07, 6.45) is 51.1. The number of phosphoric ester groups is 1. The fourth-order valence-electron chi connectivity index (χ4n) is 8.39. The number of hydrogen-bond donors (Lipinski definition) is 2. The molecule has 0 rings (SSSR count). The summed E-state index contributed by atoms with van der Waals surface area (Å²) in [6.45, 7) is 8.54. The molecule has 0 saturated heterocycles. The molecule has 2 N–H and O–H groups in total. The Labute approximate surface area is 385 Å². The second kappa shape index (κ2) is 46.6. The lowest BCUT2D eigenvalue weighted by Crippen LogP contribution is -2.29. The summed E-state index contributed by atoms with van der Waals surface area (Å²) in [5.74, 6) is 0.940. The van der Waals surface area contributed by atoms with E-state index >= 15 is 0 Å². The molecule has 8 nitrogen and oxygen atoms in total. The second-order valence-corrected chi connectivity index (χ2v) is 20.7. The van der Waals surface area contributed by atoms with Crippen molar-refractivity contribution in [2.75, 3.05) is 13.2 Å². The first-order chi connectivity index (χ1) is 30.1. The topological polar surface area (TPSA) is 119 Å². The van der Waals surface area contributed by atoms with E-state index in [-0.39, 0.29) is 19.4 Å². The molecule has 0 spiro atoms. The number of carbonyl (C=O) groups excluding carboxylic acids is 2. The van der Waals surface area contributed by atoms with Crippen LogP contribution in [-0.4, -0.2) is 41.0 Å². The monoisotopic (exact) mass is 901 g/mol. The van der Waals surface area contributed by atoms with Gasteiger partial charge < -0.3 is 19.3 Å². The van der Waals surface area contributed by atoms with Crippen molar-refractivity contribution >= 4 is 19.8 Å². The zero-order valence-electron chi connectivity index (χ0n) is 41.6. The average Bonchev–Trinajstić information content (AvgIpc) is 3.25. The molecule has 3 atom stereocenters. The molecule has 0 bridgehead atoms. The normalized spacial score (nSPS) is 13.3. The van der Waals surface area contributed by atoms with Gasteiger partial charge in [0, 0.05) is 12.8 Å². The Hall–Kier alpha value is -0.950. The summed E-state index contributed by atoms with van der Waals surface area (Å²) < 4.78 is 26.6. The molecule has 0 saturated carbocycles. The van der Waals surface area contributed by atoms with E-state index in [4.69, 9.17) is 19.3 Å². The Bertz CT molecular complexity index is 1000. The van der Waals surface area contributed by atoms with E-state index in [1.807, 2.05) is 0 Å². The smallest absolute Gasteiger partial charge is 0.462 e. The van der Waals surface area contributed by atoms with Crippen LogP contribution in [-0.2, 0) is 28.2 Å². The highest BCUT2D eigenvalue weighted by atomic mass is 31.2. The van der Waals surface area contributed by atoms with E-state index in [0.717, 1.165) is 43.9 Å². The molecule has 0 heterocycles. The Morgan fingerprint density at radius 3 is 0.935 bits per heavy atom. The summed E-state index contributed by atoms with van der Waals surface area (Å²) in [5, 5.41) is 0. The zero-order valence-corrected chi connectivity index (χ0v) is 42.5. The fourth-order valence-corrected chi connectivity index (χ4v) is 8.75. The van der Waals surface area contributed by atoms with Gasteiger partial charge in [0.2, 0.25) is 0 Å². The molecule has 9 heteroatoms. The highest BCUT2D eigenvalue weighted by Crippen LogP contribution is 2.36. The van der Waals surface area contributed by atoms with Crippen LogP contribution in [0.1, 0.15) is 297 Å². The fraction of sp³-hybridized carbons (Fsp3) is 0.962. The van der Waals surface area contributed by atoms with Crippen molar-refractivity contribution in [2.45, 2.75) is 303 Å². The Morgan fingerprint density at radius 1 is 0.403 bits per heavy atom. The van der Waals surface area contributed by atoms with Gasteiger partial charge in [0.25, 0.3) is 0 Å². The predicted molar refractivity (Wildman–Crippen MR) is 262 cm³/mol. The van der Waals surface area contributed by atoms with Crippen molar-refractivity contribution in [3.8, 4) is 0 Å². The van der Waals surface area contributed by atoms with Gasteiger partial charge in [0.1, 0.15) is 6.61 Å². The number of esters is 2. The third-order valence-corrected chi connectivity index (χ3v) is 13.7. The van der Waals surface area contributed by atoms with Crippen LogP contribution in [0.15, 0.2) is 0 Å². The molecule has 0 aromatic heterocycles. The molecule has 0 fully saturated rings. The highest BCUT2D eigenvalue weighted by molar-refractivity contribution is 7.46. The number of unbranched alkanes of at least 4 members (excludes halogenated alkanes) is 34. The van der Waals surface area contributed by atoms with E-state index in [1.54, 1.807) is 0 Å². The largest absolute Gasteiger partial charge is 0.469 e. The van der Waals surface area contributed by atoms with Gasteiger partial charge in [0.05, 0.1) is 6.61 Å². The molecule has 0 aliphatic rings. The molecular formula is C53H105O8P. The first-order valence-electron chi connectivity index (χ1n) is 27.1. The van der Waals surface area contributed by atoms with Crippen molar-refractivity contribution in [3.63, 3.8) is 0 Å². The third-order valence-electron chi connectivity index (χ3n) is 13.2. The minimum absolute atomic E-state index is 0.220. The quantitative estimate of drug-likeness (QED) is 0.0352. The first kappa shape index (κ1) is 61.0. The van der Waals surface area contributed by atoms with Gasteiger partial charge in [-0.2, -0.15) is 0 Å². The Morgan fingerprint density at radius 2 is 0.661 bits per heavy atom. The van der Waals surface area contributed by atoms with E-state index in [2.05, 4.69) is 32.2 Å². The SMILES string of the molecule is CCC(C)CCCCCCCCCCCCCCCCCCCCC(=O)OC[C@H](COP(=O)(O)O)OC(=O)CCCCCCCCCCCCCCCCCCCCC(C)CC. The average molecular weight is 901 g/mol. The number of hydrogen-bond acceptors (Lipinski definition) is 6. The number of phosphoric acid groups is 1. The lowest BCUT2D eigenvalue weighted by Gasteiger charge is -2.18. The molecule has 370 valence electrons. The van der Waals surface area contributed by atoms with Crippen molar-refractivity contribution < 1.29 is 37.9 Å². The maximum Gasteiger partial charge on any atom is 0.469 e. The van der Waals surface area contributed by atoms with Crippen LogP contribution in [0.2, 0.25) is 0 Å². The minimum atomic E-state index is -4.76. The second-order valence-electron chi connectivity index (χ2n) is 19.4. The molecule has 62 heavy (non-hydrogen) atoms. The summed E-state index contributed by atoms with van der Waals surface area (Å²) in [4.78, 5) is 43.2. The molecule has 0 aliphatic heterocycles. The minimum Gasteiger partial charge on any atom is -0.462 e. The molecule has 0 radical (unpaired) electrons.